The fourth-order valence-electron chi connectivity index (χ4n) is 2.92. The van der Waals surface area contributed by atoms with Crippen LogP contribution in [0.3, 0.4) is 0 Å². The Hall–Kier alpha value is -1.54. The topological polar surface area (TPSA) is 82.8 Å². The summed E-state index contributed by atoms with van der Waals surface area (Å²) in [5.41, 5.74) is 1.21. The number of rotatable bonds is 7. The number of aromatic nitrogens is 2. The normalized spacial score (nSPS) is 12.3. The predicted molar refractivity (Wildman–Crippen MR) is 145 cm³/mol. The van der Waals surface area contributed by atoms with Crippen molar-refractivity contribution in [2.45, 2.75) is 33.3 Å². The fourth-order valence-corrected chi connectivity index (χ4v) is 5.35. The van der Waals surface area contributed by atoms with Crippen LogP contribution in [0.15, 0.2) is 44.7 Å². The second kappa shape index (κ2) is 11.1. The molecule has 0 saturated heterocycles. The van der Waals surface area contributed by atoms with Gasteiger partial charge in [-0.3, -0.25) is 4.79 Å². The van der Waals surface area contributed by atoms with Gasteiger partial charge in [0.25, 0.3) is 5.56 Å². The van der Waals surface area contributed by atoms with Gasteiger partial charge < -0.3 is 9.47 Å². The van der Waals surface area contributed by atoms with Crippen LogP contribution in [0.2, 0.25) is 0 Å². The molecule has 0 unspecified atom stereocenters. The maximum absolute atomic E-state index is 13.0. The highest BCUT2D eigenvalue weighted by molar-refractivity contribution is 14.1. The minimum atomic E-state index is -0.717. The lowest BCUT2D eigenvalue weighted by molar-refractivity contribution is -0.150. The van der Waals surface area contributed by atoms with Crippen LogP contribution in [-0.4, -0.2) is 34.6 Å². The van der Waals surface area contributed by atoms with Crippen LogP contribution in [0, 0.1) is 7.14 Å². The van der Waals surface area contributed by atoms with Crippen LogP contribution in [0.5, 0.6) is 5.75 Å². The van der Waals surface area contributed by atoms with Crippen molar-refractivity contribution in [3.63, 3.8) is 0 Å². The molecule has 1 aromatic heterocycles. The number of carbonyl (C=O) groups is 1. The Balaban J connectivity index is 1.95. The molecule has 1 atom stereocenters. The van der Waals surface area contributed by atoms with Crippen molar-refractivity contribution in [1.29, 1.82) is 0 Å². The largest absolute Gasteiger partial charge is 0.477 e. The van der Waals surface area contributed by atoms with Crippen LogP contribution in [0.1, 0.15) is 32.2 Å². The van der Waals surface area contributed by atoms with Crippen molar-refractivity contribution in [3.8, 4) is 5.75 Å². The van der Waals surface area contributed by atoms with E-state index in [1.807, 2.05) is 31.2 Å². The zero-order chi connectivity index (χ0) is 23.4. The molecule has 1 heterocycles. The lowest BCUT2D eigenvalue weighted by Crippen LogP contribution is -2.26. The third-order valence-electron chi connectivity index (χ3n) is 4.45. The zero-order valence-electron chi connectivity index (χ0n) is 17.6. The molecule has 0 aliphatic carbocycles. The molecule has 3 rings (SSSR count). The third kappa shape index (κ3) is 5.68. The predicted octanol–water partition coefficient (Wildman–Crippen LogP) is 5.14. The van der Waals surface area contributed by atoms with E-state index in [0.717, 1.165) is 17.2 Å². The number of ether oxygens (including phenoxy) is 2. The number of hydrogen-bond donors (Lipinski definition) is 0. The average Bonchev–Trinajstić information content (AvgIpc) is 2.75. The summed E-state index contributed by atoms with van der Waals surface area (Å²) in [6.07, 6.45) is 1.46. The Labute approximate surface area is 221 Å². The molecule has 32 heavy (non-hydrogen) atoms. The molecular weight excluding hydrogens is 704 g/mol. The van der Waals surface area contributed by atoms with E-state index in [1.165, 1.54) is 4.68 Å². The number of halogens is 3. The molecular formula is C22H20BrI2N3O4. The third-order valence-corrected chi connectivity index (χ3v) is 6.54. The standard InChI is InChI=1S/C22H20BrI2N3O4/c1-4-19-27-18-7-6-14(23)10-15(18)21(29)28(19)26-11-13-8-16(24)20(17(25)9-13)32-12(3)22(30)31-5-2/h6-12H,4-5H2,1-3H3/t12-/m1/s1. The van der Waals surface area contributed by atoms with Gasteiger partial charge in [-0.2, -0.15) is 9.78 Å². The number of esters is 1. The van der Waals surface area contributed by atoms with Gasteiger partial charge in [0.05, 0.1) is 30.9 Å². The number of fused-ring (bicyclic) bond motifs is 1. The molecule has 0 spiro atoms. The van der Waals surface area contributed by atoms with E-state index in [2.05, 4.69) is 71.2 Å². The lowest BCUT2D eigenvalue weighted by atomic mass is 10.2. The Morgan fingerprint density at radius 1 is 1.25 bits per heavy atom. The van der Waals surface area contributed by atoms with Crippen LogP contribution < -0.4 is 10.3 Å². The maximum atomic E-state index is 13.0. The minimum absolute atomic E-state index is 0.225. The van der Waals surface area contributed by atoms with Gasteiger partial charge in [0.1, 0.15) is 11.6 Å². The van der Waals surface area contributed by atoms with Crippen molar-refractivity contribution >= 4 is 84.2 Å². The molecule has 168 valence electrons. The number of nitrogens with zero attached hydrogens (tertiary/aromatic N) is 3. The minimum Gasteiger partial charge on any atom is -0.477 e. The molecule has 0 radical (unpaired) electrons. The zero-order valence-corrected chi connectivity index (χ0v) is 23.5. The fraction of sp³-hybridized carbons (Fsp3) is 0.273. The van der Waals surface area contributed by atoms with Crippen molar-refractivity contribution in [2.24, 2.45) is 5.10 Å². The summed E-state index contributed by atoms with van der Waals surface area (Å²) in [4.78, 5) is 29.5. The Morgan fingerprint density at radius 3 is 2.56 bits per heavy atom. The highest BCUT2D eigenvalue weighted by Gasteiger charge is 2.19. The highest BCUT2D eigenvalue weighted by Crippen LogP contribution is 2.29. The first-order valence-electron chi connectivity index (χ1n) is 9.83. The smallest absolute Gasteiger partial charge is 0.347 e. The van der Waals surface area contributed by atoms with E-state index in [0.29, 0.717) is 35.5 Å². The number of hydrogen-bond acceptors (Lipinski definition) is 6. The van der Waals surface area contributed by atoms with E-state index < -0.39 is 12.1 Å². The highest BCUT2D eigenvalue weighted by atomic mass is 127. The van der Waals surface area contributed by atoms with E-state index in [-0.39, 0.29) is 5.56 Å². The number of carbonyl (C=O) groups excluding carboxylic acids is 1. The van der Waals surface area contributed by atoms with Gasteiger partial charge in [-0.25, -0.2) is 9.78 Å². The van der Waals surface area contributed by atoms with Crippen molar-refractivity contribution in [1.82, 2.24) is 9.66 Å². The van der Waals surface area contributed by atoms with Crippen molar-refractivity contribution in [3.05, 3.63) is 63.7 Å². The van der Waals surface area contributed by atoms with Crippen LogP contribution >= 0.6 is 61.1 Å². The molecule has 2 aromatic carbocycles. The Kier molecular flexibility index (Phi) is 8.67. The second-order valence-corrected chi connectivity index (χ2v) is 9.97. The van der Waals surface area contributed by atoms with Crippen LogP contribution in [0.4, 0.5) is 0 Å². The Morgan fingerprint density at radius 2 is 1.94 bits per heavy atom. The van der Waals surface area contributed by atoms with Gasteiger partial charge in [0.2, 0.25) is 0 Å². The Bertz CT molecular complexity index is 1240. The molecule has 10 heteroatoms. The molecule has 0 N–H and O–H groups in total. The number of benzene rings is 2. The van der Waals surface area contributed by atoms with Gasteiger partial charge in [-0.1, -0.05) is 22.9 Å². The van der Waals surface area contributed by atoms with Gasteiger partial charge in [-0.05, 0) is 94.9 Å². The van der Waals surface area contributed by atoms with Crippen LogP contribution in [-0.2, 0) is 16.0 Å². The molecule has 0 aliphatic rings. The van der Waals surface area contributed by atoms with Gasteiger partial charge in [0, 0.05) is 10.9 Å². The van der Waals surface area contributed by atoms with Crippen molar-refractivity contribution in [2.75, 3.05) is 6.61 Å². The summed E-state index contributed by atoms with van der Waals surface area (Å²) in [5.74, 6) is 0.771. The summed E-state index contributed by atoms with van der Waals surface area (Å²) < 4.78 is 14.6. The summed E-state index contributed by atoms with van der Waals surface area (Å²) >= 11 is 7.70. The average molecular weight is 724 g/mol. The lowest BCUT2D eigenvalue weighted by Gasteiger charge is -2.16. The van der Waals surface area contributed by atoms with E-state index in [4.69, 9.17) is 9.47 Å². The SMILES string of the molecule is CCOC(=O)[C@@H](C)Oc1c(I)cc(C=Nn2c(CC)nc3ccc(Br)cc3c2=O)cc1I. The molecule has 0 fully saturated rings. The first-order chi connectivity index (χ1) is 15.2. The van der Waals surface area contributed by atoms with E-state index in [9.17, 15) is 9.59 Å². The van der Waals surface area contributed by atoms with Gasteiger partial charge >= 0.3 is 5.97 Å². The molecule has 3 aromatic rings. The number of aryl methyl sites for hydroxylation is 1. The van der Waals surface area contributed by atoms with Gasteiger partial charge in [-0.15, -0.1) is 0 Å². The summed E-state index contributed by atoms with van der Waals surface area (Å²) in [6, 6.07) is 9.17. The first kappa shape index (κ1) is 25.1. The van der Waals surface area contributed by atoms with E-state index >= 15 is 0 Å². The first-order valence-corrected chi connectivity index (χ1v) is 12.8. The molecule has 0 aliphatic heterocycles. The molecule has 0 bridgehead atoms. The monoisotopic (exact) mass is 723 g/mol. The summed E-state index contributed by atoms with van der Waals surface area (Å²) in [7, 11) is 0. The molecule has 0 saturated carbocycles. The molecule has 7 nitrogen and oxygen atoms in total. The quantitative estimate of drug-likeness (QED) is 0.192. The van der Waals surface area contributed by atoms with Crippen molar-refractivity contribution < 1.29 is 14.3 Å². The molecule has 0 amide bonds. The van der Waals surface area contributed by atoms with Crippen LogP contribution in [0.25, 0.3) is 10.9 Å². The second-order valence-electron chi connectivity index (χ2n) is 6.73. The van der Waals surface area contributed by atoms with Gasteiger partial charge in [0.15, 0.2) is 6.10 Å². The van der Waals surface area contributed by atoms with E-state index in [1.54, 1.807) is 26.1 Å². The summed E-state index contributed by atoms with van der Waals surface area (Å²) in [5, 5.41) is 4.93. The summed E-state index contributed by atoms with van der Waals surface area (Å²) in [6.45, 7) is 5.64. The maximum Gasteiger partial charge on any atom is 0.347 e.